The first-order chi connectivity index (χ1) is 10.6. The summed E-state index contributed by atoms with van der Waals surface area (Å²) in [6.45, 7) is 0. The molecular formula is C18H17Cl2NO. The lowest BCUT2D eigenvalue weighted by atomic mass is 9.78. The molecule has 0 heterocycles. The number of hydrogen-bond donors (Lipinski definition) is 1. The quantitative estimate of drug-likeness (QED) is 0.795. The van der Waals surface area contributed by atoms with Gasteiger partial charge in [0.15, 0.2) is 0 Å². The number of benzene rings is 2. The highest BCUT2D eigenvalue weighted by atomic mass is 35.5. The van der Waals surface area contributed by atoms with Gasteiger partial charge in [-0.15, -0.1) is 0 Å². The minimum absolute atomic E-state index is 0.0367. The molecule has 1 aliphatic carbocycles. The van der Waals surface area contributed by atoms with Gasteiger partial charge in [-0.3, -0.25) is 4.79 Å². The molecular weight excluding hydrogens is 317 g/mol. The van der Waals surface area contributed by atoms with Gasteiger partial charge in [0, 0.05) is 5.69 Å². The summed E-state index contributed by atoms with van der Waals surface area (Å²) in [6.07, 6.45) is 3.90. The summed E-state index contributed by atoms with van der Waals surface area (Å²) in [5.74, 6) is 0.0367. The summed E-state index contributed by atoms with van der Waals surface area (Å²) in [5.41, 5.74) is 1.33. The van der Waals surface area contributed by atoms with Gasteiger partial charge in [-0.1, -0.05) is 66.4 Å². The van der Waals surface area contributed by atoms with Crippen molar-refractivity contribution in [2.75, 3.05) is 5.32 Å². The molecule has 1 fully saturated rings. The highest BCUT2D eigenvalue weighted by Gasteiger charge is 2.42. The summed E-state index contributed by atoms with van der Waals surface area (Å²) < 4.78 is 0. The Kier molecular flexibility index (Phi) is 4.42. The number of nitrogens with one attached hydrogen (secondary N) is 1. The van der Waals surface area contributed by atoms with Crippen LogP contribution in [0.2, 0.25) is 10.0 Å². The number of carbonyl (C=O) groups is 1. The van der Waals surface area contributed by atoms with Gasteiger partial charge in [0.1, 0.15) is 0 Å². The van der Waals surface area contributed by atoms with Crippen LogP contribution in [-0.2, 0) is 10.2 Å². The molecule has 4 heteroatoms. The Hall–Kier alpha value is -1.51. The van der Waals surface area contributed by atoms with Crippen LogP contribution in [0, 0.1) is 0 Å². The molecule has 2 aromatic carbocycles. The Balaban J connectivity index is 1.89. The fraction of sp³-hybridized carbons (Fsp3) is 0.278. The average Bonchev–Trinajstić information content (AvgIpc) is 3.03. The number of halogens is 2. The molecule has 3 rings (SSSR count). The third-order valence-electron chi connectivity index (χ3n) is 4.40. The molecule has 0 aromatic heterocycles. The maximum atomic E-state index is 12.9. The van der Waals surface area contributed by atoms with Crippen molar-refractivity contribution in [3.05, 3.63) is 64.1 Å². The smallest absolute Gasteiger partial charge is 0.235 e. The minimum Gasteiger partial charge on any atom is -0.325 e. The zero-order chi connectivity index (χ0) is 15.6. The fourth-order valence-electron chi connectivity index (χ4n) is 3.21. The molecule has 2 aromatic rings. The van der Waals surface area contributed by atoms with Gasteiger partial charge in [-0.2, -0.15) is 0 Å². The molecule has 1 N–H and O–H groups in total. The maximum Gasteiger partial charge on any atom is 0.235 e. The van der Waals surface area contributed by atoms with Crippen LogP contribution in [0.25, 0.3) is 0 Å². The number of carbonyl (C=O) groups excluding carboxylic acids is 1. The van der Waals surface area contributed by atoms with Crippen molar-refractivity contribution in [3.8, 4) is 0 Å². The first kappa shape index (κ1) is 15.4. The van der Waals surface area contributed by atoms with Crippen molar-refractivity contribution in [2.24, 2.45) is 0 Å². The molecule has 22 heavy (non-hydrogen) atoms. The summed E-state index contributed by atoms with van der Waals surface area (Å²) in [5, 5.41) is 3.94. The zero-order valence-corrected chi connectivity index (χ0v) is 13.6. The number of hydrogen-bond acceptors (Lipinski definition) is 1. The van der Waals surface area contributed by atoms with E-state index in [1.54, 1.807) is 18.2 Å². The lowest BCUT2D eigenvalue weighted by Gasteiger charge is -2.28. The van der Waals surface area contributed by atoms with Crippen LogP contribution in [0.5, 0.6) is 0 Å². The van der Waals surface area contributed by atoms with Gasteiger partial charge < -0.3 is 5.32 Å². The van der Waals surface area contributed by atoms with E-state index in [0.29, 0.717) is 15.7 Å². The molecule has 114 valence electrons. The lowest BCUT2D eigenvalue weighted by Crippen LogP contribution is -2.37. The highest BCUT2D eigenvalue weighted by molar-refractivity contribution is 6.42. The van der Waals surface area contributed by atoms with E-state index >= 15 is 0 Å². The fourth-order valence-corrected chi connectivity index (χ4v) is 3.51. The Morgan fingerprint density at radius 2 is 1.64 bits per heavy atom. The Morgan fingerprint density at radius 3 is 2.27 bits per heavy atom. The van der Waals surface area contributed by atoms with Crippen molar-refractivity contribution in [1.29, 1.82) is 0 Å². The molecule has 0 aliphatic heterocycles. The first-order valence-corrected chi connectivity index (χ1v) is 8.19. The van der Waals surface area contributed by atoms with E-state index in [1.807, 2.05) is 30.3 Å². The van der Waals surface area contributed by atoms with Gasteiger partial charge in [-0.25, -0.2) is 0 Å². The monoisotopic (exact) mass is 333 g/mol. The van der Waals surface area contributed by atoms with E-state index in [-0.39, 0.29) is 5.91 Å². The zero-order valence-electron chi connectivity index (χ0n) is 12.1. The standard InChI is InChI=1S/C18H17Cl2NO/c19-15-9-8-14(12-16(15)20)21-17(22)18(10-4-5-11-18)13-6-2-1-3-7-13/h1-3,6-9,12H,4-5,10-11H2,(H,21,22). The number of rotatable bonds is 3. The third-order valence-corrected chi connectivity index (χ3v) is 5.13. The van der Waals surface area contributed by atoms with Crippen LogP contribution in [-0.4, -0.2) is 5.91 Å². The highest BCUT2D eigenvalue weighted by Crippen LogP contribution is 2.42. The SMILES string of the molecule is O=C(Nc1ccc(Cl)c(Cl)c1)C1(c2ccccc2)CCCC1. The van der Waals surface area contributed by atoms with Gasteiger partial charge in [-0.05, 0) is 36.6 Å². The Bertz CT molecular complexity index is 679. The third kappa shape index (κ3) is 2.86. The molecule has 0 atom stereocenters. The molecule has 0 spiro atoms. The van der Waals surface area contributed by atoms with E-state index in [4.69, 9.17) is 23.2 Å². The summed E-state index contributed by atoms with van der Waals surface area (Å²) in [6, 6.07) is 15.2. The van der Waals surface area contributed by atoms with Crippen LogP contribution in [0.15, 0.2) is 48.5 Å². The number of amides is 1. The van der Waals surface area contributed by atoms with Gasteiger partial charge in [0.25, 0.3) is 0 Å². The van der Waals surface area contributed by atoms with Crippen molar-refractivity contribution in [2.45, 2.75) is 31.1 Å². The van der Waals surface area contributed by atoms with Crippen molar-refractivity contribution in [1.82, 2.24) is 0 Å². The normalized spacial score (nSPS) is 16.5. The van der Waals surface area contributed by atoms with Crippen LogP contribution >= 0.6 is 23.2 Å². The van der Waals surface area contributed by atoms with Gasteiger partial charge in [0.05, 0.1) is 15.5 Å². The second kappa shape index (κ2) is 6.31. The predicted octanol–water partition coefficient (Wildman–Crippen LogP) is 5.44. The molecule has 1 aliphatic rings. The van der Waals surface area contributed by atoms with Crippen molar-refractivity contribution >= 4 is 34.8 Å². The molecule has 0 bridgehead atoms. The summed E-state index contributed by atoms with van der Waals surface area (Å²) in [7, 11) is 0. The molecule has 1 saturated carbocycles. The van der Waals surface area contributed by atoms with E-state index in [9.17, 15) is 4.79 Å². The van der Waals surface area contributed by atoms with E-state index < -0.39 is 5.41 Å². The Morgan fingerprint density at radius 1 is 0.955 bits per heavy atom. The molecule has 0 saturated heterocycles. The van der Waals surface area contributed by atoms with E-state index in [1.165, 1.54) is 0 Å². The molecule has 0 radical (unpaired) electrons. The van der Waals surface area contributed by atoms with E-state index in [2.05, 4.69) is 5.32 Å². The minimum atomic E-state index is -0.437. The van der Waals surface area contributed by atoms with Crippen LogP contribution in [0.1, 0.15) is 31.2 Å². The van der Waals surface area contributed by atoms with Crippen LogP contribution in [0.3, 0.4) is 0 Å². The van der Waals surface area contributed by atoms with Gasteiger partial charge in [0.2, 0.25) is 5.91 Å². The first-order valence-electron chi connectivity index (χ1n) is 7.44. The van der Waals surface area contributed by atoms with Crippen molar-refractivity contribution in [3.63, 3.8) is 0 Å². The molecule has 2 nitrogen and oxygen atoms in total. The lowest BCUT2D eigenvalue weighted by molar-refractivity contribution is -0.121. The Labute approximate surface area is 140 Å². The number of anilines is 1. The predicted molar refractivity (Wildman–Crippen MR) is 91.7 cm³/mol. The second-order valence-corrected chi connectivity index (χ2v) is 6.55. The molecule has 0 unspecified atom stereocenters. The molecule has 1 amide bonds. The van der Waals surface area contributed by atoms with Gasteiger partial charge >= 0.3 is 0 Å². The summed E-state index contributed by atoms with van der Waals surface area (Å²) >= 11 is 11.9. The van der Waals surface area contributed by atoms with Crippen LogP contribution in [0.4, 0.5) is 5.69 Å². The largest absolute Gasteiger partial charge is 0.325 e. The van der Waals surface area contributed by atoms with Crippen molar-refractivity contribution < 1.29 is 4.79 Å². The van der Waals surface area contributed by atoms with Crippen LogP contribution < -0.4 is 5.32 Å². The second-order valence-electron chi connectivity index (χ2n) is 5.74. The average molecular weight is 334 g/mol. The topological polar surface area (TPSA) is 29.1 Å². The van der Waals surface area contributed by atoms with E-state index in [0.717, 1.165) is 31.2 Å². The maximum absolute atomic E-state index is 12.9. The summed E-state index contributed by atoms with van der Waals surface area (Å²) in [4.78, 5) is 12.9.